The molecule has 1 amide bonds. The first-order valence-electron chi connectivity index (χ1n) is 11.0. The van der Waals surface area contributed by atoms with Crippen molar-refractivity contribution in [3.63, 3.8) is 0 Å². The van der Waals surface area contributed by atoms with Crippen LogP contribution in [-0.4, -0.2) is 49.2 Å². The van der Waals surface area contributed by atoms with E-state index in [0.717, 1.165) is 24.3 Å². The standard InChI is InChI=1S/C25H28N4O3S/c1-31-21-14-19(15-22(16-21)32-2)26-24(30)17-33-25-11-10-23(27-28-25)18-6-8-20(9-7-18)29-12-4-3-5-13-29/h6-11,14-16H,3-5,12-13,17H2,1-2H3,(H,26,30). The lowest BCUT2D eigenvalue weighted by atomic mass is 10.1. The molecule has 0 saturated carbocycles. The molecule has 4 rings (SSSR count). The molecule has 0 atom stereocenters. The first-order valence-corrected chi connectivity index (χ1v) is 12.0. The van der Waals surface area contributed by atoms with Gasteiger partial charge in [0, 0.05) is 48.2 Å². The Morgan fingerprint density at radius 2 is 1.64 bits per heavy atom. The lowest BCUT2D eigenvalue weighted by Crippen LogP contribution is -2.29. The van der Waals surface area contributed by atoms with E-state index in [2.05, 4.69) is 44.7 Å². The maximum atomic E-state index is 12.4. The topological polar surface area (TPSA) is 76.6 Å². The third kappa shape index (κ3) is 6.16. The Hall–Kier alpha value is -3.26. The van der Waals surface area contributed by atoms with Crippen molar-refractivity contribution in [1.29, 1.82) is 0 Å². The minimum Gasteiger partial charge on any atom is -0.497 e. The molecule has 1 fully saturated rings. The molecular weight excluding hydrogens is 436 g/mol. The van der Waals surface area contributed by atoms with E-state index >= 15 is 0 Å². The van der Waals surface area contributed by atoms with Gasteiger partial charge in [-0.2, -0.15) is 0 Å². The summed E-state index contributed by atoms with van der Waals surface area (Å²) >= 11 is 1.34. The number of nitrogens with zero attached hydrogens (tertiary/aromatic N) is 3. The van der Waals surface area contributed by atoms with Crippen LogP contribution in [0.2, 0.25) is 0 Å². The molecule has 1 aliphatic heterocycles. The van der Waals surface area contributed by atoms with Crippen LogP contribution in [0.4, 0.5) is 11.4 Å². The smallest absolute Gasteiger partial charge is 0.234 e. The number of aromatic nitrogens is 2. The number of nitrogens with one attached hydrogen (secondary N) is 1. The highest BCUT2D eigenvalue weighted by molar-refractivity contribution is 7.99. The van der Waals surface area contributed by atoms with Crippen molar-refractivity contribution in [2.75, 3.05) is 43.3 Å². The summed E-state index contributed by atoms with van der Waals surface area (Å²) in [6.45, 7) is 2.26. The van der Waals surface area contributed by atoms with Gasteiger partial charge >= 0.3 is 0 Å². The zero-order valence-corrected chi connectivity index (χ0v) is 19.7. The van der Waals surface area contributed by atoms with Gasteiger partial charge in [-0.15, -0.1) is 10.2 Å². The molecular formula is C25H28N4O3S. The number of amides is 1. The highest BCUT2D eigenvalue weighted by Crippen LogP contribution is 2.27. The number of rotatable bonds is 8. The number of ether oxygens (including phenoxy) is 2. The van der Waals surface area contributed by atoms with Crippen molar-refractivity contribution in [3.8, 4) is 22.8 Å². The van der Waals surface area contributed by atoms with Gasteiger partial charge in [0.05, 0.1) is 25.7 Å². The summed E-state index contributed by atoms with van der Waals surface area (Å²) in [5.74, 6) is 1.30. The lowest BCUT2D eigenvalue weighted by Gasteiger charge is -2.28. The van der Waals surface area contributed by atoms with Crippen LogP contribution < -0.4 is 19.7 Å². The molecule has 0 radical (unpaired) electrons. The molecule has 8 heteroatoms. The van der Waals surface area contributed by atoms with Crippen molar-refractivity contribution in [3.05, 3.63) is 54.6 Å². The molecule has 2 aromatic carbocycles. The number of carbonyl (C=O) groups excluding carboxylic acids is 1. The van der Waals surface area contributed by atoms with Crippen LogP contribution in [0.25, 0.3) is 11.3 Å². The fourth-order valence-corrected chi connectivity index (χ4v) is 4.38. The molecule has 1 aromatic heterocycles. The van der Waals surface area contributed by atoms with Crippen LogP contribution in [0.5, 0.6) is 11.5 Å². The third-order valence-corrected chi connectivity index (χ3v) is 6.43. The molecule has 0 spiro atoms. The van der Waals surface area contributed by atoms with Gasteiger partial charge in [0.2, 0.25) is 5.91 Å². The summed E-state index contributed by atoms with van der Waals surface area (Å²) in [5, 5.41) is 12.2. The fraction of sp³-hybridized carbons (Fsp3) is 0.320. The van der Waals surface area contributed by atoms with Gasteiger partial charge in [0.1, 0.15) is 16.5 Å². The number of benzene rings is 2. The summed E-state index contributed by atoms with van der Waals surface area (Å²) in [6.07, 6.45) is 3.85. The van der Waals surface area contributed by atoms with Gasteiger partial charge < -0.3 is 19.7 Å². The van der Waals surface area contributed by atoms with E-state index < -0.39 is 0 Å². The summed E-state index contributed by atoms with van der Waals surface area (Å²) in [5.41, 5.74) is 3.73. The van der Waals surface area contributed by atoms with E-state index in [1.165, 1.54) is 36.7 Å². The van der Waals surface area contributed by atoms with E-state index in [1.54, 1.807) is 32.4 Å². The summed E-state index contributed by atoms with van der Waals surface area (Å²) in [4.78, 5) is 14.8. The van der Waals surface area contributed by atoms with E-state index in [9.17, 15) is 4.79 Å². The van der Waals surface area contributed by atoms with E-state index in [-0.39, 0.29) is 11.7 Å². The van der Waals surface area contributed by atoms with Crippen molar-refractivity contribution >= 4 is 29.0 Å². The van der Waals surface area contributed by atoms with Gasteiger partial charge in [-0.25, -0.2) is 0 Å². The molecule has 0 bridgehead atoms. The van der Waals surface area contributed by atoms with Crippen LogP contribution in [0, 0.1) is 0 Å². The minimum absolute atomic E-state index is 0.144. The van der Waals surface area contributed by atoms with Gasteiger partial charge in [0.15, 0.2) is 0 Å². The van der Waals surface area contributed by atoms with E-state index in [4.69, 9.17) is 9.47 Å². The van der Waals surface area contributed by atoms with Crippen molar-refractivity contribution in [2.45, 2.75) is 24.3 Å². The maximum Gasteiger partial charge on any atom is 0.234 e. The molecule has 1 N–H and O–H groups in total. The lowest BCUT2D eigenvalue weighted by molar-refractivity contribution is -0.113. The van der Waals surface area contributed by atoms with Gasteiger partial charge in [-0.3, -0.25) is 4.79 Å². The molecule has 7 nitrogen and oxygen atoms in total. The largest absolute Gasteiger partial charge is 0.497 e. The first-order chi connectivity index (χ1) is 16.1. The number of hydrogen-bond acceptors (Lipinski definition) is 7. The Labute approximate surface area is 198 Å². The quantitative estimate of drug-likeness (QED) is 0.476. The normalized spacial score (nSPS) is 13.5. The average Bonchev–Trinajstić information content (AvgIpc) is 2.88. The molecule has 2 heterocycles. The molecule has 0 aliphatic carbocycles. The average molecular weight is 465 g/mol. The number of hydrogen-bond donors (Lipinski definition) is 1. The molecule has 3 aromatic rings. The van der Waals surface area contributed by atoms with Crippen LogP contribution in [0.3, 0.4) is 0 Å². The Kier molecular flexibility index (Phi) is 7.67. The van der Waals surface area contributed by atoms with Crippen molar-refractivity contribution < 1.29 is 14.3 Å². The Balaban J connectivity index is 1.32. The third-order valence-electron chi connectivity index (χ3n) is 5.51. The van der Waals surface area contributed by atoms with Crippen molar-refractivity contribution in [2.24, 2.45) is 0 Å². The number of methoxy groups -OCH3 is 2. The predicted molar refractivity (Wildman–Crippen MR) is 132 cm³/mol. The first kappa shape index (κ1) is 22.9. The number of thioether (sulfide) groups is 1. The molecule has 33 heavy (non-hydrogen) atoms. The van der Waals surface area contributed by atoms with Crippen molar-refractivity contribution in [1.82, 2.24) is 10.2 Å². The highest BCUT2D eigenvalue weighted by Gasteiger charge is 2.12. The Morgan fingerprint density at radius 3 is 2.24 bits per heavy atom. The van der Waals surface area contributed by atoms with Crippen LogP contribution in [0.15, 0.2) is 59.6 Å². The van der Waals surface area contributed by atoms with Crippen LogP contribution >= 0.6 is 11.8 Å². The highest BCUT2D eigenvalue weighted by atomic mass is 32.2. The molecule has 0 unspecified atom stereocenters. The number of anilines is 2. The molecule has 172 valence electrons. The van der Waals surface area contributed by atoms with Gasteiger partial charge in [0.25, 0.3) is 0 Å². The summed E-state index contributed by atoms with van der Waals surface area (Å²) < 4.78 is 10.5. The second-order valence-electron chi connectivity index (χ2n) is 7.79. The summed E-state index contributed by atoms with van der Waals surface area (Å²) in [6, 6.07) is 17.6. The van der Waals surface area contributed by atoms with Gasteiger partial charge in [-0.1, -0.05) is 23.9 Å². The fourth-order valence-electron chi connectivity index (χ4n) is 3.76. The van der Waals surface area contributed by atoms with E-state index in [0.29, 0.717) is 22.2 Å². The number of piperidine rings is 1. The monoisotopic (exact) mass is 464 g/mol. The molecule has 1 aliphatic rings. The zero-order valence-electron chi connectivity index (χ0n) is 18.9. The van der Waals surface area contributed by atoms with Crippen LogP contribution in [-0.2, 0) is 4.79 Å². The second kappa shape index (κ2) is 11.0. The second-order valence-corrected chi connectivity index (χ2v) is 8.79. The predicted octanol–water partition coefficient (Wildman–Crippen LogP) is 4.88. The van der Waals surface area contributed by atoms with E-state index in [1.807, 2.05) is 12.1 Å². The zero-order chi connectivity index (χ0) is 23.0. The minimum atomic E-state index is -0.144. The Morgan fingerprint density at radius 1 is 0.939 bits per heavy atom. The van der Waals surface area contributed by atoms with Gasteiger partial charge in [-0.05, 0) is 43.5 Å². The summed E-state index contributed by atoms with van der Waals surface area (Å²) in [7, 11) is 3.14. The Bertz CT molecular complexity index is 1050. The SMILES string of the molecule is COc1cc(NC(=O)CSc2ccc(-c3ccc(N4CCCCC4)cc3)nn2)cc(OC)c1. The number of carbonyl (C=O) groups is 1. The van der Waals surface area contributed by atoms with Crippen LogP contribution in [0.1, 0.15) is 19.3 Å². The molecule has 1 saturated heterocycles. The maximum absolute atomic E-state index is 12.4.